The average Bonchev–Trinajstić information content (AvgIpc) is 2.97. The van der Waals surface area contributed by atoms with Crippen LogP contribution in [0.15, 0.2) is 24.3 Å². The Labute approximate surface area is 86.5 Å². The molecule has 1 N–H and O–H groups in total. The van der Waals surface area contributed by atoms with Crippen molar-refractivity contribution in [3.8, 4) is 0 Å². The number of hydrogen-bond acceptors (Lipinski definition) is 1. The lowest BCUT2D eigenvalue weighted by atomic mass is 9.92. The highest BCUT2D eigenvalue weighted by molar-refractivity contribution is 5.38. The predicted molar refractivity (Wildman–Crippen MR) is 60.6 cm³/mol. The van der Waals surface area contributed by atoms with Gasteiger partial charge in [-0.25, -0.2) is 0 Å². The smallest absolute Gasteiger partial charge is 0.00810 e. The standard InChI is InChI=1S/C13H19N/c1-3-14-10-13(8-9-13)12-7-5-4-6-11(12)2/h4-7,14H,3,8-10H2,1-2H3. The van der Waals surface area contributed by atoms with Crippen LogP contribution in [0.1, 0.15) is 30.9 Å². The van der Waals surface area contributed by atoms with Gasteiger partial charge in [0.05, 0.1) is 0 Å². The van der Waals surface area contributed by atoms with Crippen LogP contribution in [-0.2, 0) is 5.41 Å². The van der Waals surface area contributed by atoms with Crippen LogP contribution in [0.5, 0.6) is 0 Å². The maximum absolute atomic E-state index is 3.48. The van der Waals surface area contributed by atoms with E-state index in [1.54, 1.807) is 5.56 Å². The van der Waals surface area contributed by atoms with Crippen molar-refractivity contribution in [2.24, 2.45) is 0 Å². The van der Waals surface area contributed by atoms with Crippen LogP contribution < -0.4 is 5.32 Å². The maximum atomic E-state index is 3.48. The van der Waals surface area contributed by atoms with Crippen LogP contribution in [0.3, 0.4) is 0 Å². The van der Waals surface area contributed by atoms with Crippen molar-refractivity contribution in [1.29, 1.82) is 0 Å². The molecular formula is C13H19N. The molecule has 1 aliphatic carbocycles. The first-order valence-electron chi connectivity index (χ1n) is 5.55. The van der Waals surface area contributed by atoms with E-state index in [1.807, 2.05) is 0 Å². The minimum Gasteiger partial charge on any atom is -0.316 e. The van der Waals surface area contributed by atoms with Crippen LogP contribution >= 0.6 is 0 Å². The van der Waals surface area contributed by atoms with E-state index in [1.165, 1.54) is 18.4 Å². The largest absolute Gasteiger partial charge is 0.316 e. The highest BCUT2D eigenvalue weighted by atomic mass is 14.9. The minimum atomic E-state index is 0.474. The summed E-state index contributed by atoms with van der Waals surface area (Å²) in [7, 11) is 0. The van der Waals surface area contributed by atoms with Crippen molar-refractivity contribution >= 4 is 0 Å². The lowest BCUT2D eigenvalue weighted by Crippen LogP contribution is -2.27. The Balaban J connectivity index is 2.18. The van der Waals surface area contributed by atoms with E-state index in [-0.39, 0.29) is 0 Å². The lowest BCUT2D eigenvalue weighted by Gasteiger charge is -2.18. The first-order chi connectivity index (χ1) is 6.78. The second-order valence-corrected chi connectivity index (χ2v) is 4.38. The lowest BCUT2D eigenvalue weighted by molar-refractivity contribution is 0.588. The summed E-state index contributed by atoms with van der Waals surface area (Å²) >= 11 is 0. The summed E-state index contributed by atoms with van der Waals surface area (Å²) < 4.78 is 0. The van der Waals surface area contributed by atoms with Gasteiger partial charge in [0, 0.05) is 12.0 Å². The summed E-state index contributed by atoms with van der Waals surface area (Å²) in [6.07, 6.45) is 2.70. The Morgan fingerprint density at radius 3 is 2.57 bits per heavy atom. The zero-order valence-corrected chi connectivity index (χ0v) is 9.14. The average molecular weight is 189 g/mol. The molecule has 0 radical (unpaired) electrons. The Hall–Kier alpha value is -0.820. The van der Waals surface area contributed by atoms with E-state index in [0.717, 1.165) is 13.1 Å². The first-order valence-corrected chi connectivity index (χ1v) is 5.55. The van der Waals surface area contributed by atoms with E-state index in [0.29, 0.717) is 5.41 Å². The fourth-order valence-corrected chi connectivity index (χ4v) is 2.22. The van der Waals surface area contributed by atoms with Gasteiger partial charge in [-0.1, -0.05) is 31.2 Å². The van der Waals surface area contributed by atoms with Crippen molar-refractivity contribution in [3.05, 3.63) is 35.4 Å². The summed E-state index contributed by atoms with van der Waals surface area (Å²) in [6, 6.07) is 8.80. The molecule has 1 aromatic rings. The van der Waals surface area contributed by atoms with Gasteiger partial charge in [-0.05, 0) is 37.4 Å². The molecule has 14 heavy (non-hydrogen) atoms. The molecule has 0 atom stereocenters. The maximum Gasteiger partial charge on any atom is 0.00810 e. The number of benzene rings is 1. The summed E-state index contributed by atoms with van der Waals surface area (Å²) in [4.78, 5) is 0. The highest BCUT2D eigenvalue weighted by Gasteiger charge is 2.44. The molecule has 0 aromatic heterocycles. The summed E-state index contributed by atoms with van der Waals surface area (Å²) in [6.45, 7) is 6.62. The topological polar surface area (TPSA) is 12.0 Å². The van der Waals surface area contributed by atoms with Gasteiger partial charge < -0.3 is 5.32 Å². The first kappa shape index (κ1) is 9.72. The fraction of sp³-hybridized carbons (Fsp3) is 0.538. The molecule has 0 saturated heterocycles. The van der Waals surface area contributed by atoms with Gasteiger partial charge in [0.1, 0.15) is 0 Å². The van der Waals surface area contributed by atoms with E-state index < -0.39 is 0 Å². The SMILES string of the molecule is CCNCC1(c2ccccc2C)CC1. The Bertz CT molecular complexity index is 313. The molecule has 76 valence electrons. The highest BCUT2D eigenvalue weighted by Crippen LogP contribution is 2.48. The third-order valence-corrected chi connectivity index (χ3v) is 3.28. The van der Waals surface area contributed by atoms with Crippen LogP contribution in [0.25, 0.3) is 0 Å². The molecule has 1 aliphatic rings. The number of hydrogen-bond donors (Lipinski definition) is 1. The summed E-state index contributed by atoms with van der Waals surface area (Å²) in [5.74, 6) is 0. The Morgan fingerprint density at radius 2 is 2.00 bits per heavy atom. The summed E-state index contributed by atoms with van der Waals surface area (Å²) in [5.41, 5.74) is 3.48. The summed E-state index contributed by atoms with van der Waals surface area (Å²) in [5, 5.41) is 3.48. The number of nitrogens with one attached hydrogen (secondary N) is 1. The van der Waals surface area contributed by atoms with Gasteiger partial charge in [0.15, 0.2) is 0 Å². The fourth-order valence-electron chi connectivity index (χ4n) is 2.22. The van der Waals surface area contributed by atoms with Gasteiger partial charge in [-0.15, -0.1) is 0 Å². The van der Waals surface area contributed by atoms with Gasteiger partial charge in [-0.2, -0.15) is 0 Å². The second kappa shape index (κ2) is 3.74. The molecule has 1 nitrogen and oxygen atoms in total. The van der Waals surface area contributed by atoms with Crippen LogP contribution in [0, 0.1) is 6.92 Å². The molecule has 0 amide bonds. The van der Waals surface area contributed by atoms with Crippen molar-refractivity contribution in [3.63, 3.8) is 0 Å². The van der Waals surface area contributed by atoms with Gasteiger partial charge >= 0.3 is 0 Å². The second-order valence-electron chi connectivity index (χ2n) is 4.38. The number of rotatable bonds is 4. The van der Waals surface area contributed by atoms with E-state index in [9.17, 15) is 0 Å². The van der Waals surface area contributed by atoms with Gasteiger partial charge in [0.25, 0.3) is 0 Å². The normalized spacial score (nSPS) is 18.1. The predicted octanol–water partition coefficient (Wildman–Crippen LogP) is 2.64. The van der Waals surface area contributed by atoms with E-state index in [2.05, 4.69) is 43.4 Å². The third-order valence-electron chi connectivity index (χ3n) is 3.28. The monoisotopic (exact) mass is 189 g/mol. The minimum absolute atomic E-state index is 0.474. The Kier molecular flexibility index (Phi) is 2.60. The molecule has 1 aromatic carbocycles. The van der Waals surface area contributed by atoms with Crippen LogP contribution in [0.4, 0.5) is 0 Å². The molecule has 0 bridgehead atoms. The van der Waals surface area contributed by atoms with Crippen molar-refractivity contribution in [1.82, 2.24) is 5.32 Å². The zero-order valence-electron chi connectivity index (χ0n) is 9.14. The number of aryl methyl sites for hydroxylation is 1. The van der Waals surface area contributed by atoms with E-state index >= 15 is 0 Å². The molecule has 0 unspecified atom stereocenters. The zero-order chi connectivity index (χ0) is 10.0. The van der Waals surface area contributed by atoms with Crippen molar-refractivity contribution in [2.75, 3.05) is 13.1 Å². The van der Waals surface area contributed by atoms with Crippen LogP contribution in [-0.4, -0.2) is 13.1 Å². The molecule has 0 spiro atoms. The molecule has 0 heterocycles. The molecular weight excluding hydrogens is 170 g/mol. The van der Waals surface area contributed by atoms with Gasteiger partial charge in [-0.3, -0.25) is 0 Å². The van der Waals surface area contributed by atoms with Crippen LogP contribution in [0.2, 0.25) is 0 Å². The molecule has 1 fully saturated rings. The van der Waals surface area contributed by atoms with Crippen molar-refractivity contribution < 1.29 is 0 Å². The molecule has 0 aliphatic heterocycles. The van der Waals surface area contributed by atoms with Gasteiger partial charge in [0.2, 0.25) is 0 Å². The van der Waals surface area contributed by atoms with E-state index in [4.69, 9.17) is 0 Å². The molecule has 1 heteroatoms. The quantitative estimate of drug-likeness (QED) is 0.767. The number of likely N-dealkylation sites (N-methyl/N-ethyl adjacent to an activating group) is 1. The Morgan fingerprint density at radius 1 is 1.29 bits per heavy atom. The third kappa shape index (κ3) is 1.69. The molecule has 1 saturated carbocycles. The van der Waals surface area contributed by atoms with Crippen molar-refractivity contribution in [2.45, 2.75) is 32.1 Å². The molecule has 2 rings (SSSR count).